The van der Waals surface area contributed by atoms with Crippen molar-refractivity contribution in [2.24, 2.45) is 0 Å². The average Bonchev–Trinajstić information content (AvgIpc) is 2.52. The molecule has 76 valence electrons. The Morgan fingerprint density at radius 2 is 2.38 bits per heavy atom. The number of thioether (sulfide) groups is 1. The Hall–Kier alpha value is 0.300. The summed E-state index contributed by atoms with van der Waals surface area (Å²) >= 11 is 1.77. The fourth-order valence-electron chi connectivity index (χ4n) is 2.18. The molecule has 4 heteroatoms. The van der Waals surface area contributed by atoms with Crippen LogP contribution in [0.1, 0.15) is 32.6 Å². The van der Waals surface area contributed by atoms with Crippen molar-refractivity contribution >= 4 is 33.9 Å². The molecule has 0 spiro atoms. The first-order valence-corrected chi connectivity index (χ1v) is 5.71. The molecular weight excluding hydrogens is 248 g/mol. The van der Waals surface area contributed by atoms with Crippen molar-refractivity contribution in [3.05, 3.63) is 0 Å². The summed E-state index contributed by atoms with van der Waals surface area (Å²) in [6.45, 7) is 3.36. The number of nitrogens with one attached hydrogen (secondary N) is 1. The summed E-state index contributed by atoms with van der Waals surface area (Å²) in [6.07, 6.45) is 5.14. The zero-order chi connectivity index (χ0) is 8.55. The molecule has 13 heavy (non-hydrogen) atoms. The lowest BCUT2D eigenvalue weighted by Gasteiger charge is -2.35. The Kier molecular flexibility index (Phi) is 4.10. The van der Waals surface area contributed by atoms with Gasteiger partial charge in [0.05, 0.1) is 0 Å². The van der Waals surface area contributed by atoms with Crippen LogP contribution in [-0.2, 0) is 0 Å². The Balaban J connectivity index is 0.000000845. The lowest BCUT2D eigenvalue weighted by atomic mass is 10.1. The second kappa shape index (κ2) is 4.69. The Bertz CT molecular complexity index is 198. The van der Waals surface area contributed by atoms with Gasteiger partial charge in [-0.2, -0.15) is 0 Å². The summed E-state index contributed by atoms with van der Waals surface area (Å²) < 4.78 is 0. The normalized spacial score (nSPS) is 32.7. The van der Waals surface area contributed by atoms with Crippen molar-refractivity contribution in [1.82, 2.24) is 4.90 Å². The standard InChI is InChI=1S/C9H16N2S.BrH/c1-2-8-6-7-4-3-5-11(7)9(10)12-8;/h7-8,10H,2-6H2,1H3;1H. The van der Waals surface area contributed by atoms with Crippen LogP contribution in [-0.4, -0.2) is 27.9 Å². The van der Waals surface area contributed by atoms with Crippen LogP contribution in [0.5, 0.6) is 0 Å². The van der Waals surface area contributed by atoms with Crippen LogP contribution in [0.25, 0.3) is 0 Å². The minimum atomic E-state index is 0. The van der Waals surface area contributed by atoms with E-state index >= 15 is 0 Å². The summed E-state index contributed by atoms with van der Waals surface area (Å²) in [6, 6.07) is 0.712. The van der Waals surface area contributed by atoms with Crippen LogP contribution in [0.15, 0.2) is 0 Å². The van der Waals surface area contributed by atoms with E-state index in [1.807, 2.05) is 0 Å². The van der Waals surface area contributed by atoms with Gasteiger partial charge in [0.2, 0.25) is 0 Å². The lowest BCUT2D eigenvalue weighted by molar-refractivity contribution is 0.360. The molecule has 0 aromatic carbocycles. The van der Waals surface area contributed by atoms with E-state index in [0.29, 0.717) is 6.04 Å². The van der Waals surface area contributed by atoms with Crippen LogP contribution >= 0.6 is 28.7 Å². The minimum Gasteiger partial charge on any atom is -0.349 e. The number of rotatable bonds is 1. The third-order valence-electron chi connectivity index (χ3n) is 2.91. The third kappa shape index (κ3) is 2.21. The van der Waals surface area contributed by atoms with Gasteiger partial charge in [0.15, 0.2) is 5.17 Å². The third-order valence-corrected chi connectivity index (χ3v) is 4.22. The quantitative estimate of drug-likeness (QED) is 0.789. The first kappa shape index (κ1) is 11.4. The van der Waals surface area contributed by atoms with Gasteiger partial charge < -0.3 is 4.90 Å². The Labute approximate surface area is 94.7 Å². The van der Waals surface area contributed by atoms with E-state index in [0.717, 1.165) is 17.0 Å². The van der Waals surface area contributed by atoms with Crippen molar-refractivity contribution in [3.8, 4) is 0 Å². The van der Waals surface area contributed by atoms with Crippen molar-refractivity contribution in [2.45, 2.75) is 43.9 Å². The molecule has 2 heterocycles. The highest BCUT2D eigenvalue weighted by atomic mass is 79.9. The van der Waals surface area contributed by atoms with Crippen molar-refractivity contribution in [3.63, 3.8) is 0 Å². The lowest BCUT2D eigenvalue weighted by Crippen LogP contribution is -2.40. The van der Waals surface area contributed by atoms with Crippen LogP contribution in [0, 0.1) is 5.41 Å². The maximum atomic E-state index is 7.84. The zero-order valence-corrected chi connectivity index (χ0v) is 10.5. The molecule has 1 N–H and O–H groups in total. The van der Waals surface area contributed by atoms with E-state index in [1.54, 1.807) is 11.8 Å². The van der Waals surface area contributed by atoms with E-state index in [-0.39, 0.29) is 17.0 Å². The highest BCUT2D eigenvalue weighted by Gasteiger charge is 2.34. The fourth-order valence-corrected chi connectivity index (χ4v) is 3.35. The van der Waals surface area contributed by atoms with Crippen molar-refractivity contribution < 1.29 is 0 Å². The maximum Gasteiger partial charge on any atom is 0.156 e. The summed E-state index contributed by atoms with van der Waals surface area (Å²) in [5, 5.41) is 9.39. The number of halogens is 1. The van der Waals surface area contributed by atoms with Crippen LogP contribution < -0.4 is 0 Å². The fraction of sp³-hybridized carbons (Fsp3) is 0.889. The van der Waals surface area contributed by atoms with E-state index in [9.17, 15) is 0 Å². The van der Waals surface area contributed by atoms with Gasteiger partial charge in [-0.05, 0) is 25.7 Å². The summed E-state index contributed by atoms with van der Waals surface area (Å²) in [4.78, 5) is 2.29. The average molecular weight is 265 g/mol. The molecule has 0 saturated carbocycles. The first-order chi connectivity index (χ1) is 5.81. The summed E-state index contributed by atoms with van der Waals surface area (Å²) in [5.41, 5.74) is 0. The minimum absolute atomic E-state index is 0. The molecule has 2 nitrogen and oxygen atoms in total. The predicted octanol–water partition coefficient (Wildman–Crippen LogP) is 2.88. The molecule has 0 amide bonds. The number of nitrogens with zero attached hydrogens (tertiary/aromatic N) is 1. The molecule has 0 radical (unpaired) electrons. The van der Waals surface area contributed by atoms with Crippen LogP contribution in [0.3, 0.4) is 0 Å². The molecule has 2 aliphatic heterocycles. The first-order valence-electron chi connectivity index (χ1n) is 4.83. The molecular formula is C9H17BrN2S. The summed E-state index contributed by atoms with van der Waals surface area (Å²) in [7, 11) is 0. The summed E-state index contributed by atoms with van der Waals surface area (Å²) in [5.74, 6) is 0. The molecule has 2 rings (SSSR count). The predicted molar refractivity (Wildman–Crippen MR) is 64.1 cm³/mol. The molecule has 2 atom stereocenters. The molecule has 0 aliphatic carbocycles. The van der Waals surface area contributed by atoms with Gasteiger partial charge in [0, 0.05) is 17.8 Å². The van der Waals surface area contributed by atoms with E-state index in [1.165, 1.54) is 25.7 Å². The van der Waals surface area contributed by atoms with Gasteiger partial charge in [0.25, 0.3) is 0 Å². The van der Waals surface area contributed by atoms with Crippen molar-refractivity contribution in [1.29, 1.82) is 5.41 Å². The highest BCUT2D eigenvalue weighted by Crippen LogP contribution is 2.35. The second-order valence-electron chi connectivity index (χ2n) is 3.68. The van der Waals surface area contributed by atoms with Gasteiger partial charge in [-0.15, -0.1) is 17.0 Å². The molecule has 2 fully saturated rings. The van der Waals surface area contributed by atoms with Gasteiger partial charge >= 0.3 is 0 Å². The van der Waals surface area contributed by atoms with Gasteiger partial charge in [0.1, 0.15) is 0 Å². The van der Waals surface area contributed by atoms with Gasteiger partial charge in [-0.25, -0.2) is 0 Å². The monoisotopic (exact) mass is 264 g/mol. The molecule has 0 bridgehead atoms. The smallest absolute Gasteiger partial charge is 0.156 e. The van der Waals surface area contributed by atoms with Gasteiger partial charge in [-0.1, -0.05) is 18.7 Å². The largest absolute Gasteiger partial charge is 0.349 e. The number of fused-ring (bicyclic) bond motifs is 1. The van der Waals surface area contributed by atoms with Crippen molar-refractivity contribution in [2.75, 3.05) is 6.54 Å². The molecule has 2 saturated heterocycles. The molecule has 0 aromatic heterocycles. The number of hydrogen-bond acceptors (Lipinski definition) is 2. The van der Waals surface area contributed by atoms with Crippen LogP contribution in [0.2, 0.25) is 0 Å². The maximum absolute atomic E-state index is 7.84. The van der Waals surface area contributed by atoms with E-state index in [2.05, 4.69) is 11.8 Å². The molecule has 0 aromatic rings. The van der Waals surface area contributed by atoms with Gasteiger partial charge in [-0.3, -0.25) is 5.41 Å². The SMILES string of the molecule is Br.CCC1CC2CCCN2C(=N)S1. The van der Waals surface area contributed by atoms with Crippen LogP contribution in [0.4, 0.5) is 0 Å². The highest BCUT2D eigenvalue weighted by molar-refractivity contribution is 8.93. The number of hydrogen-bond donors (Lipinski definition) is 1. The zero-order valence-electron chi connectivity index (χ0n) is 7.95. The Morgan fingerprint density at radius 3 is 3.08 bits per heavy atom. The van der Waals surface area contributed by atoms with E-state index in [4.69, 9.17) is 5.41 Å². The molecule has 2 aliphatic rings. The second-order valence-corrected chi connectivity index (χ2v) is 4.97. The van der Waals surface area contributed by atoms with E-state index < -0.39 is 0 Å². The topological polar surface area (TPSA) is 27.1 Å². The molecule has 2 unspecified atom stereocenters. The Morgan fingerprint density at radius 1 is 1.62 bits per heavy atom. The number of amidine groups is 1.